The molecule has 0 aliphatic carbocycles. The first-order chi connectivity index (χ1) is 10.3. The molecular weight excluding hydrogens is 258 g/mol. The topological polar surface area (TPSA) is 29.9 Å². The Morgan fingerprint density at radius 2 is 1.86 bits per heavy atom. The number of nitrogens with one attached hydrogen (secondary N) is 1. The van der Waals surface area contributed by atoms with Crippen LogP contribution in [-0.2, 0) is 25.8 Å². The summed E-state index contributed by atoms with van der Waals surface area (Å²) in [6.07, 6.45) is 3.10. The molecule has 0 radical (unpaired) electrons. The predicted molar refractivity (Wildman–Crippen MR) is 88.6 cm³/mol. The smallest absolute Gasteiger partial charge is 0.0624 e. The van der Waals surface area contributed by atoms with E-state index in [2.05, 4.69) is 72.3 Å². The average Bonchev–Trinajstić information content (AvgIpc) is 2.90. The maximum absolute atomic E-state index is 4.66. The highest BCUT2D eigenvalue weighted by Gasteiger charge is 2.13. The fourth-order valence-electron chi connectivity index (χ4n) is 2.78. The summed E-state index contributed by atoms with van der Waals surface area (Å²) in [6.45, 7) is 8.44. The van der Waals surface area contributed by atoms with Gasteiger partial charge in [-0.3, -0.25) is 4.68 Å². The third-order valence-corrected chi connectivity index (χ3v) is 3.85. The highest BCUT2D eigenvalue weighted by molar-refractivity contribution is 5.18. The molecule has 2 aromatic rings. The largest absolute Gasteiger partial charge is 0.314 e. The quantitative estimate of drug-likeness (QED) is 0.807. The van der Waals surface area contributed by atoms with E-state index in [-0.39, 0.29) is 0 Å². The number of hydrogen-bond donors (Lipinski definition) is 1. The molecule has 1 atom stereocenters. The lowest BCUT2D eigenvalue weighted by molar-refractivity contribution is 0.495. The molecule has 1 aromatic heterocycles. The highest BCUT2D eigenvalue weighted by Crippen LogP contribution is 2.12. The van der Waals surface area contributed by atoms with Gasteiger partial charge in [0.1, 0.15) is 0 Å². The van der Waals surface area contributed by atoms with E-state index in [1.165, 1.54) is 17.0 Å². The van der Waals surface area contributed by atoms with Crippen LogP contribution in [0.2, 0.25) is 0 Å². The van der Waals surface area contributed by atoms with Crippen molar-refractivity contribution in [3.63, 3.8) is 0 Å². The lowest BCUT2D eigenvalue weighted by atomic mass is 10.0. The Morgan fingerprint density at radius 3 is 2.48 bits per heavy atom. The van der Waals surface area contributed by atoms with Crippen LogP contribution in [0.3, 0.4) is 0 Å². The average molecular weight is 285 g/mol. The fraction of sp³-hybridized carbons (Fsp3) is 0.500. The lowest BCUT2D eigenvalue weighted by Crippen LogP contribution is -2.33. The van der Waals surface area contributed by atoms with Gasteiger partial charge in [-0.15, -0.1) is 0 Å². The molecule has 1 aromatic carbocycles. The van der Waals surface area contributed by atoms with E-state index >= 15 is 0 Å². The zero-order chi connectivity index (χ0) is 15.1. The molecule has 0 saturated carbocycles. The van der Waals surface area contributed by atoms with Gasteiger partial charge in [0.25, 0.3) is 0 Å². The van der Waals surface area contributed by atoms with Crippen molar-refractivity contribution in [2.45, 2.75) is 52.6 Å². The summed E-state index contributed by atoms with van der Waals surface area (Å²) >= 11 is 0. The zero-order valence-corrected chi connectivity index (χ0v) is 13.5. The minimum Gasteiger partial charge on any atom is -0.314 e. The van der Waals surface area contributed by atoms with E-state index < -0.39 is 0 Å². The van der Waals surface area contributed by atoms with Crippen molar-refractivity contribution in [2.75, 3.05) is 6.54 Å². The van der Waals surface area contributed by atoms with Crippen molar-refractivity contribution in [3.8, 4) is 0 Å². The number of rotatable bonds is 8. The highest BCUT2D eigenvalue weighted by atomic mass is 15.3. The summed E-state index contributed by atoms with van der Waals surface area (Å²) in [5.74, 6) is 0. The lowest BCUT2D eigenvalue weighted by Gasteiger charge is -2.18. The number of likely N-dealkylation sites (N-methyl/N-ethyl adjacent to an activating group) is 1. The van der Waals surface area contributed by atoms with Gasteiger partial charge < -0.3 is 5.32 Å². The van der Waals surface area contributed by atoms with Crippen LogP contribution in [0, 0.1) is 0 Å². The Kier molecular flexibility index (Phi) is 6.00. The van der Waals surface area contributed by atoms with E-state index in [4.69, 9.17) is 0 Å². The number of benzene rings is 1. The molecule has 3 heteroatoms. The molecule has 1 N–H and O–H groups in total. The minimum atomic E-state index is 0.462. The first-order valence-corrected chi connectivity index (χ1v) is 8.09. The second kappa shape index (κ2) is 7.99. The fourth-order valence-corrected chi connectivity index (χ4v) is 2.78. The molecular formula is C18H27N3. The second-order valence-corrected chi connectivity index (χ2v) is 5.44. The zero-order valence-electron chi connectivity index (χ0n) is 13.5. The summed E-state index contributed by atoms with van der Waals surface area (Å²) in [6, 6.07) is 13.4. The van der Waals surface area contributed by atoms with Crippen molar-refractivity contribution in [1.29, 1.82) is 0 Å². The van der Waals surface area contributed by atoms with Crippen LogP contribution in [-0.4, -0.2) is 22.4 Å². The Hall–Kier alpha value is -1.61. The standard InChI is InChI=1S/C18H27N3/c1-4-16-13-18(21(6-3)20-16)14-17(19-5-2)12-15-10-8-7-9-11-15/h7-11,13,17,19H,4-6,12,14H2,1-3H3. The van der Waals surface area contributed by atoms with E-state index in [1.54, 1.807) is 0 Å². The summed E-state index contributed by atoms with van der Waals surface area (Å²) in [5, 5.41) is 8.27. The normalized spacial score (nSPS) is 12.5. The molecule has 114 valence electrons. The van der Waals surface area contributed by atoms with Crippen molar-refractivity contribution in [3.05, 3.63) is 53.3 Å². The summed E-state index contributed by atoms with van der Waals surface area (Å²) in [4.78, 5) is 0. The monoisotopic (exact) mass is 285 g/mol. The number of aryl methyl sites for hydroxylation is 2. The van der Waals surface area contributed by atoms with E-state index in [1.807, 2.05) is 0 Å². The number of hydrogen-bond acceptors (Lipinski definition) is 2. The molecule has 0 spiro atoms. The van der Waals surface area contributed by atoms with E-state index in [9.17, 15) is 0 Å². The van der Waals surface area contributed by atoms with E-state index in [0.717, 1.165) is 32.4 Å². The molecule has 2 rings (SSSR count). The van der Waals surface area contributed by atoms with Crippen LogP contribution in [0.15, 0.2) is 36.4 Å². The van der Waals surface area contributed by atoms with Crippen molar-refractivity contribution < 1.29 is 0 Å². The van der Waals surface area contributed by atoms with Gasteiger partial charge in [0.15, 0.2) is 0 Å². The van der Waals surface area contributed by atoms with Crippen LogP contribution >= 0.6 is 0 Å². The van der Waals surface area contributed by atoms with Gasteiger partial charge in [0.2, 0.25) is 0 Å². The summed E-state index contributed by atoms with van der Waals surface area (Å²) < 4.78 is 2.15. The van der Waals surface area contributed by atoms with Gasteiger partial charge in [0, 0.05) is 24.7 Å². The van der Waals surface area contributed by atoms with Crippen molar-refractivity contribution in [2.24, 2.45) is 0 Å². The van der Waals surface area contributed by atoms with Crippen LogP contribution in [0.25, 0.3) is 0 Å². The maximum Gasteiger partial charge on any atom is 0.0624 e. The molecule has 21 heavy (non-hydrogen) atoms. The molecule has 0 saturated heterocycles. The van der Waals surface area contributed by atoms with Crippen LogP contribution in [0.1, 0.15) is 37.7 Å². The Balaban J connectivity index is 2.10. The van der Waals surface area contributed by atoms with Crippen LogP contribution in [0.5, 0.6) is 0 Å². The van der Waals surface area contributed by atoms with Crippen molar-refractivity contribution in [1.82, 2.24) is 15.1 Å². The van der Waals surface area contributed by atoms with Crippen molar-refractivity contribution >= 4 is 0 Å². The third-order valence-electron chi connectivity index (χ3n) is 3.85. The van der Waals surface area contributed by atoms with Gasteiger partial charge in [-0.2, -0.15) is 5.10 Å². The molecule has 0 bridgehead atoms. The molecule has 0 aliphatic rings. The first kappa shape index (κ1) is 15.8. The van der Waals surface area contributed by atoms with Crippen LogP contribution < -0.4 is 5.32 Å². The number of nitrogens with zero attached hydrogens (tertiary/aromatic N) is 2. The molecule has 0 amide bonds. The molecule has 0 aliphatic heterocycles. The van der Waals surface area contributed by atoms with Crippen LogP contribution in [0.4, 0.5) is 0 Å². The molecule has 1 heterocycles. The van der Waals surface area contributed by atoms with Gasteiger partial charge in [-0.05, 0) is 37.9 Å². The van der Waals surface area contributed by atoms with Gasteiger partial charge in [-0.25, -0.2) is 0 Å². The SMILES string of the molecule is CCNC(Cc1ccccc1)Cc1cc(CC)nn1CC. The molecule has 3 nitrogen and oxygen atoms in total. The summed E-state index contributed by atoms with van der Waals surface area (Å²) in [7, 11) is 0. The Labute approximate surface area is 128 Å². The van der Waals surface area contributed by atoms with Gasteiger partial charge in [-0.1, -0.05) is 44.2 Å². The molecule has 0 fully saturated rings. The second-order valence-electron chi connectivity index (χ2n) is 5.44. The summed E-state index contributed by atoms with van der Waals surface area (Å²) in [5.41, 5.74) is 3.93. The minimum absolute atomic E-state index is 0.462. The number of aromatic nitrogens is 2. The third kappa shape index (κ3) is 4.43. The van der Waals surface area contributed by atoms with Gasteiger partial charge >= 0.3 is 0 Å². The predicted octanol–water partition coefficient (Wildman–Crippen LogP) is 3.23. The molecule has 1 unspecified atom stereocenters. The Bertz CT molecular complexity index is 531. The maximum atomic E-state index is 4.66. The van der Waals surface area contributed by atoms with Gasteiger partial charge in [0.05, 0.1) is 5.69 Å². The first-order valence-electron chi connectivity index (χ1n) is 8.09. The Morgan fingerprint density at radius 1 is 1.10 bits per heavy atom. The van der Waals surface area contributed by atoms with E-state index in [0.29, 0.717) is 6.04 Å².